The highest BCUT2D eigenvalue weighted by atomic mass is 16.5. The molecule has 2 atom stereocenters. The number of likely N-dealkylation sites (N-methyl/N-ethyl adjacent to an activating group) is 2. The Morgan fingerprint density at radius 1 is 1.28 bits per heavy atom. The average molecular weight is 410 g/mol. The molecule has 0 saturated carbocycles. The van der Waals surface area contributed by atoms with E-state index >= 15 is 0 Å². The lowest BCUT2D eigenvalue weighted by molar-refractivity contribution is -0.140. The van der Waals surface area contributed by atoms with Gasteiger partial charge in [-0.05, 0) is 52.1 Å². The van der Waals surface area contributed by atoms with Crippen molar-refractivity contribution in [3.8, 4) is 0 Å². The maximum atomic E-state index is 13.1. The summed E-state index contributed by atoms with van der Waals surface area (Å²) in [6.07, 6.45) is 5.28. The van der Waals surface area contributed by atoms with E-state index in [9.17, 15) is 14.4 Å². The zero-order valence-electron chi connectivity index (χ0n) is 19.2. The highest BCUT2D eigenvalue weighted by Crippen LogP contribution is 2.23. The number of carbonyl (C=O) groups is 3. The van der Waals surface area contributed by atoms with E-state index in [1.165, 1.54) is 0 Å². The number of amides is 2. The molecule has 1 rings (SSSR count). The van der Waals surface area contributed by atoms with Gasteiger partial charge in [-0.25, -0.2) is 4.79 Å². The van der Waals surface area contributed by atoms with Gasteiger partial charge in [-0.2, -0.15) is 0 Å². The summed E-state index contributed by atoms with van der Waals surface area (Å²) in [7, 11) is 3.69. The Morgan fingerprint density at radius 2 is 1.93 bits per heavy atom. The first-order valence-corrected chi connectivity index (χ1v) is 10.6. The summed E-state index contributed by atoms with van der Waals surface area (Å²) in [5, 5.41) is 3.01. The van der Waals surface area contributed by atoms with Crippen LogP contribution in [0, 0.1) is 5.41 Å². The van der Waals surface area contributed by atoms with E-state index in [4.69, 9.17) is 4.74 Å². The minimum Gasteiger partial charge on any atom is -0.463 e. The number of esters is 1. The summed E-state index contributed by atoms with van der Waals surface area (Å²) in [5.41, 5.74) is 0.124. The van der Waals surface area contributed by atoms with Gasteiger partial charge in [0.25, 0.3) is 0 Å². The van der Waals surface area contributed by atoms with Gasteiger partial charge in [0, 0.05) is 19.2 Å². The monoisotopic (exact) mass is 409 g/mol. The summed E-state index contributed by atoms with van der Waals surface area (Å²) in [6, 6.07) is -0.785. The van der Waals surface area contributed by atoms with Crippen LogP contribution in [0.25, 0.3) is 0 Å². The number of nitrogens with zero attached hydrogens (tertiary/aromatic N) is 2. The molecule has 0 aliphatic carbocycles. The average Bonchev–Trinajstić information content (AvgIpc) is 2.64. The molecule has 1 aliphatic rings. The number of piperidine rings is 1. The van der Waals surface area contributed by atoms with Crippen LogP contribution in [0.5, 0.6) is 0 Å². The van der Waals surface area contributed by atoms with Gasteiger partial charge in [-0.3, -0.25) is 14.5 Å². The second-order valence-corrected chi connectivity index (χ2v) is 8.96. The molecule has 1 aliphatic heterocycles. The molecular formula is C22H39N3O4. The van der Waals surface area contributed by atoms with Gasteiger partial charge in [-0.1, -0.05) is 33.3 Å². The standard InChI is InChI=1S/C22H39N3O4/c1-8-29-21(28)16(2)12-11-15-25(7)20(27)18(22(3,4)5)23-19(26)17-13-9-10-14-24(17)6/h12,17-18H,8-11,13-15H2,1-7H3,(H,23,26)/b16-12+. The van der Waals surface area contributed by atoms with Crippen LogP contribution in [0.4, 0.5) is 0 Å². The van der Waals surface area contributed by atoms with Gasteiger partial charge in [0.2, 0.25) is 11.8 Å². The molecule has 29 heavy (non-hydrogen) atoms. The van der Waals surface area contributed by atoms with Crippen LogP contribution in [-0.4, -0.2) is 73.5 Å². The zero-order valence-corrected chi connectivity index (χ0v) is 19.2. The highest BCUT2D eigenvalue weighted by Gasteiger charge is 2.37. The summed E-state index contributed by atoms with van der Waals surface area (Å²) >= 11 is 0. The third kappa shape index (κ3) is 7.80. The van der Waals surface area contributed by atoms with Crippen molar-refractivity contribution in [2.75, 3.05) is 33.8 Å². The summed E-state index contributed by atoms with van der Waals surface area (Å²) in [4.78, 5) is 41.3. The Hall–Kier alpha value is -1.89. The number of hydrogen-bond acceptors (Lipinski definition) is 5. The molecule has 1 N–H and O–H groups in total. The lowest BCUT2D eigenvalue weighted by Crippen LogP contribution is -2.58. The molecule has 0 aromatic heterocycles. The maximum Gasteiger partial charge on any atom is 0.333 e. The molecule has 1 heterocycles. The Kier molecular flexibility index (Phi) is 9.83. The lowest BCUT2D eigenvalue weighted by Gasteiger charge is -2.37. The number of ether oxygens (including phenoxy) is 1. The minimum absolute atomic E-state index is 0.0769. The molecule has 0 aromatic carbocycles. The van der Waals surface area contributed by atoms with Gasteiger partial charge < -0.3 is 15.0 Å². The van der Waals surface area contributed by atoms with Gasteiger partial charge in [0.1, 0.15) is 6.04 Å². The SMILES string of the molecule is CCOC(=O)/C(C)=C/CCN(C)C(=O)C(NC(=O)C1CCCCN1C)C(C)(C)C. The number of likely N-dealkylation sites (tertiary alicyclic amines) is 1. The van der Waals surface area contributed by atoms with E-state index < -0.39 is 11.5 Å². The number of carbonyl (C=O) groups excluding carboxylic acids is 3. The van der Waals surface area contributed by atoms with E-state index in [0.29, 0.717) is 25.1 Å². The smallest absolute Gasteiger partial charge is 0.333 e. The first-order valence-electron chi connectivity index (χ1n) is 10.6. The van der Waals surface area contributed by atoms with Crippen LogP contribution in [0.1, 0.15) is 60.3 Å². The van der Waals surface area contributed by atoms with Gasteiger partial charge >= 0.3 is 5.97 Å². The fourth-order valence-corrected chi connectivity index (χ4v) is 3.43. The molecule has 1 saturated heterocycles. The van der Waals surface area contributed by atoms with Gasteiger partial charge in [0.15, 0.2) is 0 Å². The van der Waals surface area contributed by atoms with Crippen LogP contribution in [-0.2, 0) is 19.1 Å². The molecule has 0 spiro atoms. The molecule has 0 aromatic rings. The fourth-order valence-electron chi connectivity index (χ4n) is 3.43. The largest absolute Gasteiger partial charge is 0.463 e. The van der Waals surface area contributed by atoms with Crippen molar-refractivity contribution >= 4 is 17.8 Å². The molecule has 2 unspecified atom stereocenters. The summed E-state index contributed by atoms with van der Waals surface area (Å²) in [5.74, 6) is -0.531. The predicted molar refractivity (Wildman–Crippen MR) is 114 cm³/mol. The number of nitrogens with one attached hydrogen (secondary N) is 1. The molecule has 2 amide bonds. The Bertz CT molecular complexity index is 610. The second-order valence-electron chi connectivity index (χ2n) is 8.96. The first kappa shape index (κ1) is 25.1. The molecule has 7 heteroatoms. The second kappa shape index (κ2) is 11.3. The van der Waals surface area contributed by atoms with Crippen LogP contribution in [0.3, 0.4) is 0 Å². The Balaban J connectivity index is 2.74. The Labute approximate surface area is 175 Å². The lowest BCUT2D eigenvalue weighted by atomic mass is 9.85. The van der Waals surface area contributed by atoms with Crippen molar-refractivity contribution in [1.82, 2.24) is 15.1 Å². The summed E-state index contributed by atoms with van der Waals surface area (Å²) in [6.45, 7) is 11.0. The number of hydrogen-bond donors (Lipinski definition) is 1. The first-order chi connectivity index (χ1) is 13.5. The molecule has 7 nitrogen and oxygen atoms in total. The fraction of sp³-hybridized carbons (Fsp3) is 0.773. The molecular weight excluding hydrogens is 370 g/mol. The van der Waals surface area contributed by atoms with E-state index in [2.05, 4.69) is 10.2 Å². The van der Waals surface area contributed by atoms with Crippen molar-refractivity contribution < 1.29 is 19.1 Å². The van der Waals surface area contributed by atoms with Crippen molar-refractivity contribution in [2.24, 2.45) is 5.41 Å². The van der Waals surface area contributed by atoms with Crippen LogP contribution >= 0.6 is 0 Å². The van der Waals surface area contributed by atoms with Crippen molar-refractivity contribution in [3.05, 3.63) is 11.6 Å². The zero-order chi connectivity index (χ0) is 22.2. The molecule has 1 fully saturated rings. The normalized spacial score (nSPS) is 19.4. The number of rotatable bonds is 8. The third-order valence-electron chi connectivity index (χ3n) is 5.36. The predicted octanol–water partition coefficient (Wildman–Crippen LogP) is 2.36. The van der Waals surface area contributed by atoms with Crippen LogP contribution < -0.4 is 5.32 Å². The molecule has 0 radical (unpaired) electrons. The van der Waals surface area contributed by atoms with Crippen LogP contribution in [0.15, 0.2) is 11.6 Å². The van der Waals surface area contributed by atoms with Gasteiger partial charge in [-0.15, -0.1) is 0 Å². The molecule has 166 valence electrons. The summed E-state index contributed by atoms with van der Waals surface area (Å²) < 4.78 is 4.96. The highest BCUT2D eigenvalue weighted by molar-refractivity contribution is 5.90. The van der Waals surface area contributed by atoms with E-state index in [-0.39, 0.29) is 23.8 Å². The van der Waals surface area contributed by atoms with E-state index in [1.807, 2.05) is 27.8 Å². The van der Waals surface area contributed by atoms with Crippen molar-refractivity contribution in [3.63, 3.8) is 0 Å². The quantitative estimate of drug-likeness (QED) is 0.492. The van der Waals surface area contributed by atoms with E-state index in [0.717, 1.165) is 25.8 Å². The minimum atomic E-state index is -0.606. The maximum absolute atomic E-state index is 13.1. The van der Waals surface area contributed by atoms with Crippen LogP contribution in [0.2, 0.25) is 0 Å². The topological polar surface area (TPSA) is 79.0 Å². The van der Waals surface area contributed by atoms with E-state index in [1.54, 1.807) is 31.9 Å². The van der Waals surface area contributed by atoms with Crippen molar-refractivity contribution in [2.45, 2.75) is 72.4 Å². The Morgan fingerprint density at radius 3 is 2.48 bits per heavy atom. The van der Waals surface area contributed by atoms with Crippen molar-refractivity contribution in [1.29, 1.82) is 0 Å². The van der Waals surface area contributed by atoms with Gasteiger partial charge in [0.05, 0.1) is 12.6 Å². The molecule has 0 bridgehead atoms. The third-order valence-corrected chi connectivity index (χ3v) is 5.36.